The minimum atomic E-state index is -1.03. The number of hydrogen-bond acceptors (Lipinski definition) is 4. The van der Waals surface area contributed by atoms with Gasteiger partial charge in [-0.05, 0) is 19.3 Å². The van der Waals surface area contributed by atoms with Gasteiger partial charge in [0, 0.05) is 12.5 Å². The molecule has 1 saturated carbocycles. The Balaban J connectivity index is 1.76. The Bertz CT molecular complexity index is 483. The first-order chi connectivity index (χ1) is 9.03. The van der Waals surface area contributed by atoms with Gasteiger partial charge in [-0.15, -0.1) is 0 Å². The second kappa shape index (κ2) is 4.04. The van der Waals surface area contributed by atoms with Crippen LogP contribution in [0.25, 0.3) is 0 Å². The van der Waals surface area contributed by atoms with E-state index in [4.69, 9.17) is 0 Å². The van der Waals surface area contributed by atoms with Crippen LogP contribution < -0.4 is 10.6 Å². The lowest BCUT2D eigenvalue weighted by Crippen LogP contribution is -2.67. The monoisotopic (exact) mass is 265 g/mol. The molecule has 102 valence electrons. The summed E-state index contributed by atoms with van der Waals surface area (Å²) in [4.78, 5) is 48.1. The highest BCUT2D eigenvalue weighted by atomic mass is 16.2. The van der Waals surface area contributed by atoms with E-state index in [0.717, 1.165) is 11.3 Å². The second-order valence-electron chi connectivity index (χ2n) is 5.41. The molecule has 2 heterocycles. The summed E-state index contributed by atoms with van der Waals surface area (Å²) in [6, 6.07) is -0.874. The molecule has 7 heteroatoms. The summed E-state index contributed by atoms with van der Waals surface area (Å²) in [5.41, 5.74) is -1.03. The van der Waals surface area contributed by atoms with E-state index in [0.29, 0.717) is 25.7 Å². The molecule has 3 fully saturated rings. The molecule has 1 atom stereocenters. The van der Waals surface area contributed by atoms with Crippen LogP contribution in [0.3, 0.4) is 0 Å². The highest BCUT2D eigenvalue weighted by Crippen LogP contribution is 2.44. The first-order valence-corrected chi connectivity index (χ1v) is 6.50. The summed E-state index contributed by atoms with van der Waals surface area (Å²) in [6.07, 6.45) is 2.84. The van der Waals surface area contributed by atoms with Crippen LogP contribution in [0.5, 0.6) is 0 Å². The Hall–Kier alpha value is -1.92. The van der Waals surface area contributed by atoms with Gasteiger partial charge >= 0.3 is 6.03 Å². The summed E-state index contributed by atoms with van der Waals surface area (Å²) < 4.78 is 0. The molecule has 2 aliphatic heterocycles. The number of amides is 5. The third-order valence-corrected chi connectivity index (χ3v) is 4.25. The zero-order valence-electron chi connectivity index (χ0n) is 10.4. The summed E-state index contributed by atoms with van der Waals surface area (Å²) in [5.74, 6) is -0.946. The van der Waals surface area contributed by atoms with E-state index >= 15 is 0 Å². The van der Waals surface area contributed by atoms with E-state index < -0.39 is 23.3 Å². The van der Waals surface area contributed by atoms with Crippen molar-refractivity contribution >= 4 is 23.8 Å². The number of carbonyl (C=O) groups is 4. The first kappa shape index (κ1) is 12.1. The van der Waals surface area contributed by atoms with Gasteiger partial charge in [-0.1, -0.05) is 6.42 Å². The largest absolute Gasteiger partial charge is 0.352 e. The van der Waals surface area contributed by atoms with Crippen LogP contribution in [-0.2, 0) is 14.4 Å². The van der Waals surface area contributed by atoms with Gasteiger partial charge < -0.3 is 5.32 Å². The maximum Gasteiger partial charge on any atom is 0.330 e. The Labute approximate surface area is 109 Å². The van der Waals surface area contributed by atoms with Gasteiger partial charge in [0.25, 0.3) is 0 Å². The Morgan fingerprint density at radius 1 is 1.21 bits per heavy atom. The summed E-state index contributed by atoms with van der Waals surface area (Å²) in [5, 5.41) is 4.97. The van der Waals surface area contributed by atoms with Gasteiger partial charge in [0.05, 0.1) is 6.54 Å². The fourth-order valence-corrected chi connectivity index (χ4v) is 2.90. The molecule has 0 radical (unpaired) electrons. The first-order valence-electron chi connectivity index (χ1n) is 6.50. The van der Waals surface area contributed by atoms with Crippen molar-refractivity contribution in [1.82, 2.24) is 15.5 Å². The van der Waals surface area contributed by atoms with Crippen LogP contribution in [0.4, 0.5) is 4.79 Å². The third kappa shape index (κ3) is 1.72. The van der Waals surface area contributed by atoms with E-state index in [1.54, 1.807) is 0 Å². The zero-order valence-corrected chi connectivity index (χ0v) is 10.4. The Morgan fingerprint density at radius 3 is 2.47 bits per heavy atom. The normalized spacial score (nSPS) is 29.3. The highest BCUT2D eigenvalue weighted by molar-refractivity contribution is 6.19. The SMILES string of the molecule is O=C1CCC(CN2C(=O)NC(=O)C3(CCC3)C2=O)N1. The molecule has 0 aromatic heterocycles. The van der Waals surface area contributed by atoms with E-state index in [-0.39, 0.29) is 18.5 Å². The fourth-order valence-electron chi connectivity index (χ4n) is 2.90. The van der Waals surface area contributed by atoms with E-state index in [1.165, 1.54) is 0 Å². The maximum atomic E-state index is 12.4. The molecule has 1 spiro atoms. The molecular formula is C12H15N3O4. The minimum Gasteiger partial charge on any atom is -0.352 e. The maximum absolute atomic E-state index is 12.4. The van der Waals surface area contributed by atoms with Crippen molar-refractivity contribution in [2.75, 3.05) is 6.54 Å². The van der Waals surface area contributed by atoms with Gasteiger partial charge in [-0.25, -0.2) is 4.79 Å². The number of carbonyl (C=O) groups excluding carboxylic acids is 4. The Morgan fingerprint density at radius 2 is 1.95 bits per heavy atom. The highest BCUT2D eigenvalue weighted by Gasteiger charge is 2.57. The predicted molar refractivity (Wildman–Crippen MR) is 62.7 cm³/mol. The van der Waals surface area contributed by atoms with Crippen LogP contribution in [0.2, 0.25) is 0 Å². The number of nitrogens with one attached hydrogen (secondary N) is 2. The number of imide groups is 2. The number of rotatable bonds is 2. The molecule has 1 unspecified atom stereocenters. The lowest BCUT2D eigenvalue weighted by Gasteiger charge is -2.44. The smallest absolute Gasteiger partial charge is 0.330 e. The third-order valence-electron chi connectivity index (χ3n) is 4.25. The molecule has 1 aliphatic carbocycles. The number of urea groups is 1. The summed E-state index contributed by atoms with van der Waals surface area (Å²) in [6.45, 7) is 0.144. The standard InChI is InChI=1S/C12H15N3O4/c16-8-3-2-7(13-8)6-15-10(18)12(4-1-5-12)9(17)14-11(15)19/h7H,1-6H2,(H,13,16)(H,14,17,19). The number of barbiturate groups is 1. The average molecular weight is 265 g/mol. The Kier molecular flexibility index (Phi) is 2.58. The molecule has 19 heavy (non-hydrogen) atoms. The molecule has 0 bridgehead atoms. The van der Waals surface area contributed by atoms with Crippen molar-refractivity contribution in [2.45, 2.75) is 38.1 Å². The van der Waals surface area contributed by atoms with Crippen LogP contribution in [-0.4, -0.2) is 41.2 Å². The van der Waals surface area contributed by atoms with Gasteiger partial charge in [0.2, 0.25) is 17.7 Å². The number of hydrogen-bond donors (Lipinski definition) is 2. The topological polar surface area (TPSA) is 95.6 Å². The van der Waals surface area contributed by atoms with Gasteiger partial charge in [-0.3, -0.25) is 24.6 Å². The van der Waals surface area contributed by atoms with Crippen LogP contribution in [0, 0.1) is 5.41 Å². The summed E-state index contributed by atoms with van der Waals surface area (Å²) in [7, 11) is 0. The van der Waals surface area contributed by atoms with Gasteiger partial charge in [0.1, 0.15) is 5.41 Å². The molecule has 5 amide bonds. The van der Waals surface area contributed by atoms with E-state index in [1.807, 2.05) is 0 Å². The van der Waals surface area contributed by atoms with Crippen molar-refractivity contribution in [2.24, 2.45) is 5.41 Å². The van der Waals surface area contributed by atoms with Crippen LogP contribution in [0.1, 0.15) is 32.1 Å². The molecule has 3 aliphatic rings. The number of nitrogens with zero attached hydrogens (tertiary/aromatic N) is 1. The van der Waals surface area contributed by atoms with Crippen molar-refractivity contribution in [1.29, 1.82) is 0 Å². The molecular weight excluding hydrogens is 250 g/mol. The zero-order chi connectivity index (χ0) is 13.6. The lowest BCUT2D eigenvalue weighted by molar-refractivity contribution is -0.157. The summed E-state index contributed by atoms with van der Waals surface area (Å²) >= 11 is 0. The quantitative estimate of drug-likeness (QED) is 0.659. The molecule has 0 aromatic rings. The van der Waals surface area contributed by atoms with E-state index in [9.17, 15) is 19.2 Å². The molecule has 7 nitrogen and oxygen atoms in total. The molecule has 2 saturated heterocycles. The second-order valence-corrected chi connectivity index (χ2v) is 5.41. The minimum absolute atomic E-state index is 0.0655. The van der Waals surface area contributed by atoms with Crippen molar-refractivity contribution < 1.29 is 19.2 Å². The predicted octanol–water partition coefficient (Wildman–Crippen LogP) is -0.486. The fraction of sp³-hybridized carbons (Fsp3) is 0.667. The van der Waals surface area contributed by atoms with Gasteiger partial charge in [-0.2, -0.15) is 0 Å². The van der Waals surface area contributed by atoms with Crippen LogP contribution >= 0.6 is 0 Å². The van der Waals surface area contributed by atoms with Crippen LogP contribution in [0.15, 0.2) is 0 Å². The van der Waals surface area contributed by atoms with Crippen molar-refractivity contribution in [3.63, 3.8) is 0 Å². The molecule has 2 N–H and O–H groups in total. The molecule has 3 rings (SSSR count). The van der Waals surface area contributed by atoms with E-state index in [2.05, 4.69) is 10.6 Å². The van der Waals surface area contributed by atoms with Crippen molar-refractivity contribution in [3.05, 3.63) is 0 Å². The molecule has 0 aromatic carbocycles. The van der Waals surface area contributed by atoms with Gasteiger partial charge in [0.15, 0.2) is 0 Å². The average Bonchev–Trinajstić information content (AvgIpc) is 2.68. The lowest BCUT2D eigenvalue weighted by atomic mass is 9.66. The van der Waals surface area contributed by atoms with Crippen molar-refractivity contribution in [3.8, 4) is 0 Å².